The van der Waals surface area contributed by atoms with Gasteiger partial charge in [-0.25, -0.2) is 0 Å². The lowest BCUT2D eigenvalue weighted by Gasteiger charge is -2.15. The highest BCUT2D eigenvalue weighted by Gasteiger charge is 2.32. The van der Waals surface area contributed by atoms with Crippen LogP contribution in [-0.4, -0.2) is 18.1 Å². The summed E-state index contributed by atoms with van der Waals surface area (Å²) in [5.41, 5.74) is -3.87. The van der Waals surface area contributed by atoms with Crippen LogP contribution in [0.3, 0.4) is 0 Å². The number of esters is 1. The van der Waals surface area contributed by atoms with Crippen LogP contribution in [0.2, 0.25) is 0 Å². The lowest BCUT2D eigenvalue weighted by Crippen LogP contribution is -2.11. The van der Waals surface area contributed by atoms with E-state index in [0.717, 1.165) is 0 Å². The quantitative estimate of drug-likeness (QED) is 0.611. The van der Waals surface area contributed by atoms with E-state index in [9.17, 15) is 18.0 Å². The van der Waals surface area contributed by atoms with Crippen LogP contribution in [0.5, 0.6) is 0 Å². The summed E-state index contributed by atoms with van der Waals surface area (Å²) in [6.07, 6.45) is 0.152. The van der Waals surface area contributed by atoms with Gasteiger partial charge in [0.25, 0.3) is 0 Å². The Morgan fingerprint density at radius 2 is 1.95 bits per heavy atom. The van der Waals surface area contributed by atoms with Crippen LogP contribution in [0.15, 0.2) is 17.0 Å². The van der Waals surface area contributed by atoms with Crippen molar-refractivity contribution in [1.29, 1.82) is 5.26 Å². The minimum atomic E-state index is -4.53. The van der Waals surface area contributed by atoms with Crippen LogP contribution in [0.4, 0.5) is 13.2 Å². The smallest absolute Gasteiger partial charge is 0.446 e. The molecule has 1 aromatic carbocycles. The number of nitrogens with zero attached hydrogens (tertiary/aromatic N) is 1. The average molecular weight is 317 g/mol. The first-order chi connectivity index (χ1) is 9.82. The molecule has 0 aromatic heterocycles. The number of ether oxygens (including phenoxy) is 1. The molecule has 21 heavy (non-hydrogen) atoms. The molecule has 0 unspecified atom stereocenters. The van der Waals surface area contributed by atoms with E-state index in [1.54, 1.807) is 19.9 Å². The Morgan fingerprint density at radius 1 is 1.33 bits per heavy atom. The third-order valence-electron chi connectivity index (χ3n) is 2.68. The molecule has 0 amide bonds. The molecule has 114 valence electrons. The Bertz CT molecular complexity index is 565. The van der Waals surface area contributed by atoms with Crippen LogP contribution in [0.25, 0.3) is 0 Å². The van der Waals surface area contributed by atoms with Crippen molar-refractivity contribution in [2.45, 2.75) is 37.1 Å². The molecule has 1 aromatic rings. The summed E-state index contributed by atoms with van der Waals surface area (Å²) in [6.45, 7) is 3.52. The third kappa shape index (κ3) is 4.97. The molecule has 0 aliphatic heterocycles. The molecular weight excluding hydrogens is 303 g/mol. The van der Waals surface area contributed by atoms with Crippen molar-refractivity contribution in [2.75, 3.05) is 6.61 Å². The molecule has 0 saturated carbocycles. The molecule has 0 bridgehead atoms. The van der Waals surface area contributed by atoms with Crippen molar-refractivity contribution in [3.05, 3.63) is 28.8 Å². The Balaban J connectivity index is 3.29. The van der Waals surface area contributed by atoms with Crippen molar-refractivity contribution in [2.24, 2.45) is 0 Å². The molecule has 0 spiro atoms. The number of carbonyl (C=O) groups excluding carboxylic acids is 1. The first-order valence-corrected chi connectivity index (χ1v) is 7.10. The van der Waals surface area contributed by atoms with Gasteiger partial charge in [0.05, 0.1) is 18.6 Å². The number of carbonyl (C=O) groups is 1. The second-order valence-corrected chi connectivity index (χ2v) is 5.16. The first-order valence-electron chi connectivity index (χ1n) is 6.28. The SMILES string of the molecule is CCOC(=O)Cc1ccc(CC)c(C#N)c1SC(F)(F)F. The summed E-state index contributed by atoms with van der Waals surface area (Å²) < 4.78 is 42.8. The lowest BCUT2D eigenvalue weighted by molar-refractivity contribution is -0.142. The zero-order chi connectivity index (χ0) is 16.0. The maximum absolute atomic E-state index is 12.7. The van der Waals surface area contributed by atoms with E-state index in [0.29, 0.717) is 12.0 Å². The minimum absolute atomic E-state index is 0.0263. The van der Waals surface area contributed by atoms with Crippen molar-refractivity contribution < 1.29 is 22.7 Å². The van der Waals surface area contributed by atoms with Gasteiger partial charge >= 0.3 is 11.5 Å². The fourth-order valence-electron chi connectivity index (χ4n) is 1.82. The second kappa shape index (κ2) is 7.36. The van der Waals surface area contributed by atoms with Crippen LogP contribution in [0, 0.1) is 11.3 Å². The maximum atomic E-state index is 12.7. The number of halogens is 3. The molecule has 0 N–H and O–H groups in total. The summed E-state index contributed by atoms with van der Waals surface area (Å²) >= 11 is -0.362. The van der Waals surface area contributed by atoms with Gasteiger partial charge in [0.1, 0.15) is 6.07 Å². The van der Waals surface area contributed by atoms with Crippen molar-refractivity contribution >= 4 is 17.7 Å². The molecular formula is C14H14F3NO2S. The average Bonchev–Trinajstić information content (AvgIpc) is 2.39. The number of rotatable bonds is 5. The number of hydrogen-bond acceptors (Lipinski definition) is 4. The van der Waals surface area contributed by atoms with E-state index in [4.69, 9.17) is 10.00 Å². The zero-order valence-corrected chi connectivity index (χ0v) is 12.4. The summed E-state index contributed by atoms with van der Waals surface area (Å²) in [4.78, 5) is 11.3. The summed E-state index contributed by atoms with van der Waals surface area (Å²) in [7, 11) is 0. The molecule has 0 saturated heterocycles. The Morgan fingerprint density at radius 3 is 2.43 bits per heavy atom. The minimum Gasteiger partial charge on any atom is -0.466 e. The monoisotopic (exact) mass is 317 g/mol. The predicted molar refractivity (Wildman–Crippen MR) is 72.8 cm³/mol. The van der Waals surface area contributed by atoms with Gasteiger partial charge in [-0.15, -0.1) is 0 Å². The van der Waals surface area contributed by atoms with Crippen molar-refractivity contribution in [3.63, 3.8) is 0 Å². The third-order valence-corrected chi connectivity index (χ3v) is 3.58. The summed E-state index contributed by atoms with van der Waals surface area (Å²) in [5.74, 6) is -0.616. The first kappa shape index (κ1) is 17.4. The highest BCUT2D eigenvalue weighted by atomic mass is 32.2. The Labute approximate surface area is 125 Å². The highest BCUT2D eigenvalue weighted by molar-refractivity contribution is 8.00. The summed E-state index contributed by atoms with van der Waals surface area (Å²) in [6, 6.07) is 4.84. The number of thioether (sulfide) groups is 1. The van der Waals surface area contributed by atoms with Crippen molar-refractivity contribution in [1.82, 2.24) is 0 Å². The predicted octanol–water partition coefficient (Wildman–Crippen LogP) is 3.84. The fraction of sp³-hybridized carbons (Fsp3) is 0.429. The number of alkyl halides is 3. The molecule has 0 fully saturated rings. The largest absolute Gasteiger partial charge is 0.466 e. The van der Waals surface area contributed by atoms with Gasteiger partial charge in [-0.2, -0.15) is 18.4 Å². The fourth-order valence-corrected chi connectivity index (χ4v) is 2.60. The summed E-state index contributed by atoms with van der Waals surface area (Å²) in [5, 5.41) is 9.14. The van der Waals surface area contributed by atoms with E-state index in [1.165, 1.54) is 6.07 Å². The number of hydrogen-bond donors (Lipinski definition) is 0. The van der Waals surface area contributed by atoms with E-state index >= 15 is 0 Å². The van der Waals surface area contributed by atoms with Gasteiger partial charge in [-0.3, -0.25) is 4.79 Å². The van der Waals surface area contributed by atoms with E-state index in [1.807, 2.05) is 6.07 Å². The van der Waals surface area contributed by atoms with Crippen LogP contribution in [0.1, 0.15) is 30.5 Å². The topological polar surface area (TPSA) is 50.1 Å². The van der Waals surface area contributed by atoms with Gasteiger partial charge in [-0.1, -0.05) is 19.1 Å². The number of nitriles is 1. The van der Waals surface area contributed by atoms with Crippen LogP contribution < -0.4 is 0 Å². The van der Waals surface area contributed by atoms with Gasteiger partial charge in [-0.05, 0) is 36.2 Å². The van der Waals surface area contributed by atoms with Gasteiger partial charge in [0.2, 0.25) is 0 Å². The van der Waals surface area contributed by atoms with E-state index in [-0.39, 0.29) is 40.8 Å². The van der Waals surface area contributed by atoms with Gasteiger partial charge in [0, 0.05) is 4.90 Å². The molecule has 1 rings (SSSR count). The normalized spacial score (nSPS) is 11.0. The molecule has 0 heterocycles. The highest BCUT2D eigenvalue weighted by Crippen LogP contribution is 2.41. The lowest BCUT2D eigenvalue weighted by atomic mass is 10.0. The molecule has 0 radical (unpaired) electrons. The number of benzene rings is 1. The Hall–Kier alpha value is -1.68. The Kier molecular flexibility index (Phi) is 6.09. The molecule has 0 atom stereocenters. The van der Waals surface area contributed by atoms with Crippen LogP contribution >= 0.6 is 11.8 Å². The number of aryl methyl sites for hydroxylation is 1. The molecule has 3 nitrogen and oxygen atoms in total. The molecule has 0 aliphatic rings. The van der Waals surface area contributed by atoms with E-state index in [2.05, 4.69) is 0 Å². The molecule has 0 aliphatic carbocycles. The van der Waals surface area contributed by atoms with E-state index < -0.39 is 11.5 Å². The second-order valence-electron chi connectivity index (χ2n) is 4.08. The van der Waals surface area contributed by atoms with Gasteiger partial charge in [0.15, 0.2) is 0 Å². The maximum Gasteiger partial charge on any atom is 0.446 e. The standard InChI is InChI=1S/C14H14F3NO2S/c1-3-9-5-6-10(7-12(19)20-4-2)13(11(9)8-18)21-14(15,16)17/h5-6H,3-4,7H2,1-2H3. The van der Waals surface area contributed by atoms with Gasteiger partial charge < -0.3 is 4.74 Å². The molecule has 7 heteroatoms. The van der Waals surface area contributed by atoms with Crippen molar-refractivity contribution in [3.8, 4) is 6.07 Å². The van der Waals surface area contributed by atoms with Crippen LogP contribution in [-0.2, 0) is 22.4 Å². The zero-order valence-electron chi connectivity index (χ0n) is 11.6.